The van der Waals surface area contributed by atoms with Crippen LogP contribution >= 0.6 is 24.0 Å². The van der Waals surface area contributed by atoms with Crippen molar-refractivity contribution in [2.75, 3.05) is 33.8 Å². The maximum Gasteiger partial charge on any atom is 0.409 e. The number of piperidine rings is 1. The number of amides is 1. The van der Waals surface area contributed by atoms with Crippen LogP contribution in [0.25, 0.3) is 0 Å². The Labute approximate surface area is 157 Å². The van der Waals surface area contributed by atoms with Gasteiger partial charge in [0.2, 0.25) is 0 Å². The summed E-state index contributed by atoms with van der Waals surface area (Å²) in [7, 11) is 3.22. The second-order valence-electron chi connectivity index (χ2n) is 7.04. The third-order valence-corrected chi connectivity index (χ3v) is 3.89. The van der Waals surface area contributed by atoms with E-state index in [1.165, 1.54) is 13.5 Å². The molecule has 0 aromatic heterocycles. The monoisotopic (exact) mass is 440 g/mol. The van der Waals surface area contributed by atoms with Gasteiger partial charge in [0.1, 0.15) is 0 Å². The molecule has 0 spiro atoms. The summed E-state index contributed by atoms with van der Waals surface area (Å²) in [6, 6.07) is 0.356. The summed E-state index contributed by atoms with van der Waals surface area (Å²) in [6.45, 7) is 9.16. The van der Waals surface area contributed by atoms with Gasteiger partial charge in [0, 0.05) is 32.7 Å². The first-order chi connectivity index (χ1) is 10.4. The fourth-order valence-corrected chi connectivity index (χ4v) is 2.55. The number of hydrogen-bond donors (Lipinski definition) is 2. The number of likely N-dealkylation sites (tertiary alicyclic amines) is 1. The maximum absolute atomic E-state index is 11.5. The van der Waals surface area contributed by atoms with E-state index in [0.717, 1.165) is 44.9 Å². The Morgan fingerprint density at radius 3 is 2.39 bits per heavy atom. The van der Waals surface area contributed by atoms with Crippen molar-refractivity contribution in [3.05, 3.63) is 0 Å². The number of nitrogens with zero attached hydrogens (tertiary/aromatic N) is 2. The molecule has 2 N–H and O–H groups in total. The van der Waals surface area contributed by atoms with Crippen molar-refractivity contribution in [2.45, 2.75) is 52.5 Å². The van der Waals surface area contributed by atoms with Gasteiger partial charge in [-0.05, 0) is 31.1 Å². The second kappa shape index (κ2) is 10.9. The van der Waals surface area contributed by atoms with Crippen LogP contribution in [0.4, 0.5) is 4.79 Å². The molecule has 1 amide bonds. The van der Waals surface area contributed by atoms with Gasteiger partial charge in [-0.25, -0.2) is 4.79 Å². The molecular formula is C16H33IN4O2. The van der Waals surface area contributed by atoms with Crippen LogP contribution in [-0.2, 0) is 4.74 Å². The van der Waals surface area contributed by atoms with Crippen LogP contribution < -0.4 is 10.6 Å². The molecule has 0 aliphatic carbocycles. The number of halogens is 1. The molecule has 23 heavy (non-hydrogen) atoms. The molecular weight excluding hydrogens is 407 g/mol. The quantitative estimate of drug-likeness (QED) is 0.306. The molecule has 6 nitrogen and oxygen atoms in total. The summed E-state index contributed by atoms with van der Waals surface area (Å²) in [5.41, 5.74) is 0.374. The fraction of sp³-hybridized carbons (Fsp3) is 0.875. The summed E-state index contributed by atoms with van der Waals surface area (Å²) in [5.74, 6) is 0.852. The number of hydrogen-bond acceptors (Lipinski definition) is 3. The molecule has 0 aromatic rings. The highest BCUT2D eigenvalue weighted by Gasteiger charge is 2.23. The third kappa shape index (κ3) is 9.22. The first-order valence-corrected chi connectivity index (χ1v) is 8.16. The molecule has 1 aliphatic rings. The Bertz CT molecular complexity index is 375. The smallest absolute Gasteiger partial charge is 0.409 e. The summed E-state index contributed by atoms with van der Waals surface area (Å²) < 4.78 is 4.75. The molecule has 136 valence electrons. The Morgan fingerprint density at radius 1 is 1.30 bits per heavy atom. The summed E-state index contributed by atoms with van der Waals surface area (Å²) in [6.07, 6.45) is 3.91. The standard InChI is InChI=1S/C16H32N4O2.HI/c1-16(2,3)9-6-10-18-14(17-4)19-13-7-11-20(12-8-13)15(21)22-5;/h13H,6-12H2,1-5H3,(H2,17,18,19);1H. The van der Waals surface area contributed by atoms with Crippen molar-refractivity contribution in [1.82, 2.24) is 15.5 Å². The minimum absolute atomic E-state index is 0. The van der Waals surface area contributed by atoms with Crippen molar-refractivity contribution in [3.8, 4) is 0 Å². The highest BCUT2D eigenvalue weighted by molar-refractivity contribution is 14.0. The zero-order valence-corrected chi connectivity index (χ0v) is 17.5. The molecule has 1 heterocycles. The Morgan fingerprint density at radius 2 is 1.91 bits per heavy atom. The Kier molecular flexibility index (Phi) is 10.6. The largest absolute Gasteiger partial charge is 0.453 e. The third-order valence-electron chi connectivity index (χ3n) is 3.89. The number of carbonyl (C=O) groups is 1. The molecule has 1 aliphatic heterocycles. The van der Waals surface area contributed by atoms with Gasteiger partial charge in [-0.1, -0.05) is 20.8 Å². The number of methoxy groups -OCH3 is 1. The van der Waals surface area contributed by atoms with Gasteiger partial charge in [0.05, 0.1) is 7.11 Å². The summed E-state index contributed by atoms with van der Waals surface area (Å²) in [5, 5.41) is 6.81. The first-order valence-electron chi connectivity index (χ1n) is 8.16. The van der Waals surface area contributed by atoms with E-state index in [1.807, 2.05) is 0 Å². The van der Waals surface area contributed by atoms with Crippen LogP contribution in [-0.4, -0.2) is 56.8 Å². The number of rotatable bonds is 4. The predicted octanol–water partition coefficient (Wildman–Crippen LogP) is 2.83. The van der Waals surface area contributed by atoms with E-state index in [9.17, 15) is 4.79 Å². The Hall–Kier alpha value is -0.730. The van der Waals surface area contributed by atoms with Crippen molar-refractivity contribution < 1.29 is 9.53 Å². The van der Waals surface area contributed by atoms with Crippen LogP contribution in [0.15, 0.2) is 4.99 Å². The number of nitrogens with one attached hydrogen (secondary N) is 2. The second-order valence-corrected chi connectivity index (χ2v) is 7.04. The fourth-order valence-electron chi connectivity index (χ4n) is 2.55. The SMILES string of the molecule is CN=C(NCCCC(C)(C)C)NC1CCN(C(=O)OC)CC1.I. The number of aliphatic imine (C=N–C) groups is 1. The van der Waals surface area contributed by atoms with E-state index < -0.39 is 0 Å². The molecule has 7 heteroatoms. The number of ether oxygens (including phenoxy) is 1. The molecule has 1 fully saturated rings. The molecule has 0 bridgehead atoms. The zero-order valence-electron chi connectivity index (χ0n) is 15.1. The van der Waals surface area contributed by atoms with Gasteiger partial charge in [0.15, 0.2) is 5.96 Å². The van der Waals surface area contributed by atoms with Gasteiger partial charge < -0.3 is 20.3 Å². The van der Waals surface area contributed by atoms with E-state index in [0.29, 0.717) is 11.5 Å². The van der Waals surface area contributed by atoms with Crippen LogP contribution in [0.5, 0.6) is 0 Å². The lowest BCUT2D eigenvalue weighted by Gasteiger charge is -2.32. The van der Waals surface area contributed by atoms with Gasteiger partial charge in [-0.3, -0.25) is 4.99 Å². The summed E-state index contributed by atoms with van der Waals surface area (Å²) in [4.78, 5) is 17.5. The van der Waals surface area contributed by atoms with Crippen molar-refractivity contribution >= 4 is 36.0 Å². The average Bonchev–Trinajstić information content (AvgIpc) is 2.49. The number of guanidine groups is 1. The van der Waals surface area contributed by atoms with Gasteiger partial charge >= 0.3 is 6.09 Å². The first kappa shape index (κ1) is 22.3. The predicted molar refractivity (Wildman–Crippen MR) is 106 cm³/mol. The van der Waals surface area contributed by atoms with E-state index in [2.05, 4.69) is 36.4 Å². The number of carbonyl (C=O) groups excluding carboxylic acids is 1. The minimum atomic E-state index is -0.233. The summed E-state index contributed by atoms with van der Waals surface area (Å²) >= 11 is 0. The Balaban J connectivity index is 0.00000484. The van der Waals surface area contributed by atoms with Crippen molar-refractivity contribution in [1.29, 1.82) is 0 Å². The molecule has 0 aromatic carbocycles. The highest BCUT2D eigenvalue weighted by Crippen LogP contribution is 2.19. The van der Waals surface area contributed by atoms with Crippen LogP contribution in [0.3, 0.4) is 0 Å². The average molecular weight is 440 g/mol. The van der Waals surface area contributed by atoms with E-state index in [-0.39, 0.29) is 30.1 Å². The molecule has 0 saturated carbocycles. The topological polar surface area (TPSA) is 66.0 Å². The highest BCUT2D eigenvalue weighted by atomic mass is 127. The lowest BCUT2D eigenvalue weighted by atomic mass is 9.91. The molecule has 0 unspecified atom stereocenters. The lowest BCUT2D eigenvalue weighted by Crippen LogP contribution is -2.49. The molecule has 1 saturated heterocycles. The van der Waals surface area contributed by atoms with Crippen LogP contribution in [0.1, 0.15) is 46.5 Å². The minimum Gasteiger partial charge on any atom is -0.453 e. The van der Waals surface area contributed by atoms with Gasteiger partial charge in [-0.2, -0.15) is 0 Å². The van der Waals surface area contributed by atoms with Crippen LogP contribution in [0.2, 0.25) is 0 Å². The normalized spacial score (nSPS) is 16.6. The lowest BCUT2D eigenvalue weighted by molar-refractivity contribution is 0.111. The zero-order chi connectivity index (χ0) is 16.6. The van der Waals surface area contributed by atoms with E-state index >= 15 is 0 Å². The molecule has 0 radical (unpaired) electrons. The van der Waals surface area contributed by atoms with E-state index in [1.54, 1.807) is 11.9 Å². The van der Waals surface area contributed by atoms with Crippen molar-refractivity contribution in [2.24, 2.45) is 10.4 Å². The maximum atomic E-state index is 11.5. The molecule has 0 atom stereocenters. The van der Waals surface area contributed by atoms with Crippen LogP contribution in [0, 0.1) is 5.41 Å². The van der Waals surface area contributed by atoms with Gasteiger partial charge in [0.25, 0.3) is 0 Å². The molecule has 1 rings (SSSR count). The van der Waals surface area contributed by atoms with Gasteiger partial charge in [-0.15, -0.1) is 24.0 Å². The van der Waals surface area contributed by atoms with Crippen molar-refractivity contribution in [3.63, 3.8) is 0 Å². The van der Waals surface area contributed by atoms with E-state index in [4.69, 9.17) is 4.74 Å².